The molecule has 0 aliphatic heterocycles. The number of alkyl halides is 2. The molecule has 0 saturated carbocycles. The molecule has 0 bridgehead atoms. The zero-order chi connectivity index (χ0) is 5.86. The summed E-state index contributed by atoms with van der Waals surface area (Å²) in [5.74, 6) is -0.359. The van der Waals surface area contributed by atoms with Crippen LogP contribution in [0.15, 0.2) is 0 Å². The van der Waals surface area contributed by atoms with Gasteiger partial charge < -0.3 is 0 Å². The molecule has 0 heterocycles. The summed E-state index contributed by atoms with van der Waals surface area (Å²) < 4.78 is 11.6. The van der Waals surface area contributed by atoms with Crippen LogP contribution in [0.1, 0.15) is 0 Å². The van der Waals surface area contributed by atoms with E-state index in [1.165, 1.54) is 0 Å². The standard InChI is InChI=1S/C3H3Cl2FO/c4-1-2(6)3(5)7/h2H,1H2. The molecular weight excluding hydrogens is 142 g/mol. The van der Waals surface area contributed by atoms with Gasteiger partial charge in [-0.3, -0.25) is 4.79 Å². The number of hydrogen-bond acceptors (Lipinski definition) is 1. The Labute approximate surface area is 50.4 Å². The van der Waals surface area contributed by atoms with Crippen LogP contribution in [0.5, 0.6) is 0 Å². The van der Waals surface area contributed by atoms with Crippen LogP contribution >= 0.6 is 23.2 Å². The van der Waals surface area contributed by atoms with E-state index in [4.69, 9.17) is 11.6 Å². The van der Waals surface area contributed by atoms with Crippen LogP contribution in [0.4, 0.5) is 4.39 Å². The number of carbonyl (C=O) groups excluding carboxylic acids is 1. The Bertz CT molecular complexity index is 75.3. The second kappa shape index (κ2) is 3.22. The van der Waals surface area contributed by atoms with Crippen molar-refractivity contribution < 1.29 is 9.18 Å². The molecule has 1 nitrogen and oxygen atoms in total. The second-order valence-electron chi connectivity index (χ2n) is 0.926. The van der Waals surface area contributed by atoms with Crippen LogP contribution in [0.2, 0.25) is 0 Å². The molecule has 0 aliphatic rings. The van der Waals surface area contributed by atoms with Crippen molar-refractivity contribution in [3.05, 3.63) is 0 Å². The van der Waals surface area contributed by atoms with Gasteiger partial charge in [0.25, 0.3) is 5.24 Å². The molecule has 1 atom stereocenters. The van der Waals surface area contributed by atoms with Gasteiger partial charge in [-0.25, -0.2) is 4.39 Å². The molecule has 4 heteroatoms. The molecule has 0 radical (unpaired) electrons. The maximum atomic E-state index is 11.6. The fraction of sp³-hybridized carbons (Fsp3) is 0.667. The minimum absolute atomic E-state index is 0.359. The van der Waals surface area contributed by atoms with E-state index >= 15 is 0 Å². The van der Waals surface area contributed by atoms with Gasteiger partial charge in [0.15, 0.2) is 6.17 Å². The quantitative estimate of drug-likeness (QED) is 0.423. The first-order chi connectivity index (χ1) is 3.18. The predicted octanol–water partition coefficient (Wildman–Crippen LogP) is 1.33. The van der Waals surface area contributed by atoms with E-state index < -0.39 is 11.4 Å². The summed E-state index contributed by atoms with van der Waals surface area (Å²) in [6.45, 7) is 0. The number of halogens is 3. The molecule has 0 aliphatic carbocycles. The van der Waals surface area contributed by atoms with Gasteiger partial charge in [0, 0.05) is 0 Å². The van der Waals surface area contributed by atoms with E-state index in [1.54, 1.807) is 0 Å². The van der Waals surface area contributed by atoms with Crippen molar-refractivity contribution in [2.24, 2.45) is 0 Å². The van der Waals surface area contributed by atoms with Crippen LogP contribution in [0.25, 0.3) is 0 Å². The fourth-order valence-corrected chi connectivity index (χ4v) is 0.357. The smallest absolute Gasteiger partial charge is 0.257 e. The predicted molar refractivity (Wildman–Crippen MR) is 26.5 cm³/mol. The normalized spacial score (nSPS) is 13.6. The Morgan fingerprint density at radius 1 is 1.86 bits per heavy atom. The summed E-state index contributed by atoms with van der Waals surface area (Å²) in [7, 11) is 0. The van der Waals surface area contributed by atoms with Crippen molar-refractivity contribution in [1.29, 1.82) is 0 Å². The summed E-state index contributed by atoms with van der Waals surface area (Å²) in [6, 6.07) is 0. The average molecular weight is 145 g/mol. The van der Waals surface area contributed by atoms with E-state index in [2.05, 4.69) is 11.6 Å². The summed E-state index contributed by atoms with van der Waals surface area (Å²) >= 11 is 9.50. The Hall–Kier alpha value is 0.180. The third-order valence-corrected chi connectivity index (χ3v) is 0.889. The molecular formula is C3H3Cl2FO. The van der Waals surface area contributed by atoms with E-state index in [-0.39, 0.29) is 5.88 Å². The van der Waals surface area contributed by atoms with E-state index in [1.807, 2.05) is 0 Å². The first-order valence-electron chi connectivity index (χ1n) is 1.58. The SMILES string of the molecule is O=C(Cl)C(F)CCl. The first-order valence-corrected chi connectivity index (χ1v) is 2.49. The van der Waals surface area contributed by atoms with Crippen LogP contribution in [0.3, 0.4) is 0 Å². The first kappa shape index (κ1) is 7.18. The van der Waals surface area contributed by atoms with E-state index in [0.29, 0.717) is 0 Å². The van der Waals surface area contributed by atoms with Gasteiger partial charge in [-0.1, -0.05) is 0 Å². The molecule has 1 unspecified atom stereocenters. The van der Waals surface area contributed by atoms with Crippen molar-refractivity contribution in [2.75, 3.05) is 5.88 Å². The highest BCUT2D eigenvalue weighted by Gasteiger charge is 2.10. The van der Waals surface area contributed by atoms with Gasteiger partial charge in [0.2, 0.25) is 0 Å². The molecule has 0 fully saturated rings. The largest absolute Gasteiger partial charge is 0.278 e. The van der Waals surface area contributed by atoms with Gasteiger partial charge in [-0.15, -0.1) is 11.6 Å². The monoisotopic (exact) mass is 144 g/mol. The third kappa shape index (κ3) is 2.83. The van der Waals surface area contributed by atoms with E-state index in [0.717, 1.165) is 0 Å². The minimum atomic E-state index is -1.71. The van der Waals surface area contributed by atoms with Crippen LogP contribution in [-0.2, 0) is 4.79 Å². The Balaban J connectivity index is 3.34. The molecule has 0 N–H and O–H groups in total. The average Bonchev–Trinajstić information content (AvgIpc) is 1.65. The van der Waals surface area contributed by atoms with Crippen molar-refractivity contribution >= 4 is 28.4 Å². The Kier molecular flexibility index (Phi) is 3.30. The lowest BCUT2D eigenvalue weighted by atomic mass is 10.5. The zero-order valence-electron chi connectivity index (χ0n) is 3.33. The van der Waals surface area contributed by atoms with Gasteiger partial charge in [0.05, 0.1) is 5.88 Å². The summed E-state index contributed by atoms with van der Waals surface area (Å²) in [5.41, 5.74) is 0. The Morgan fingerprint density at radius 3 is 2.29 bits per heavy atom. The second-order valence-corrected chi connectivity index (χ2v) is 1.61. The molecule has 0 amide bonds. The third-order valence-electron chi connectivity index (χ3n) is 0.382. The lowest BCUT2D eigenvalue weighted by molar-refractivity contribution is -0.115. The van der Waals surface area contributed by atoms with Crippen LogP contribution < -0.4 is 0 Å². The highest BCUT2D eigenvalue weighted by molar-refractivity contribution is 6.65. The van der Waals surface area contributed by atoms with Crippen molar-refractivity contribution in [3.63, 3.8) is 0 Å². The fourth-order valence-electron chi connectivity index (χ4n) is 0.0607. The number of rotatable bonds is 2. The molecule has 7 heavy (non-hydrogen) atoms. The van der Waals surface area contributed by atoms with E-state index in [9.17, 15) is 9.18 Å². The minimum Gasteiger partial charge on any atom is -0.278 e. The molecule has 0 rings (SSSR count). The highest BCUT2D eigenvalue weighted by Crippen LogP contribution is 1.97. The summed E-state index contributed by atoms with van der Waals surface area (Å²) in [6.07, 6.45) is -1.71. The molecule has 42 valence electrons. The van der Waals surface area contributed by atoms with Crippen LogP contribution in [-0.4, -0.2) is 17.3 Å². The maximum Gasteiger partial charge on any atom is 0.257 e. The van der Waals surface area contributed by atoms with Gasteiger partial charge in [-0.2, -0.15) is 0 Å². The molecule has 0 spiro atoms. The van der Waals surface area contributed by atoms with Crippen molar-refractivity contribution in [3.8, 4) is 0 Å². The molecule has 0 aromatic carbocycles. The topological polar surface area (TPSA) is 17.1 Å². The Morgan fingerprint density at radius 2 is 2.29 bits per heavy atom. The van der Waals surface area contributed by atoms with Gasteiger partial charge >= 0.3 is 0 Å². The van der Waals surface area contributed by atoms with Crippen molar-refractivity contribution in [2.45, 2.75) is 6.17 Å². The number of hydrogen-bond donors (Lipinski definition) is 0. The van der Waals surface area contributed by atoms with Gasteiger partial charge in [0.1, 0.15) is 0 Å². The summed E-state index contributed by atoms with van der Waals surface area (Å²) in [4.78, 5) is 9.68. The molecule has 0 aromatic rings. The highest BCUT2D eigenvalue weighted by atomic mass is 35.5. The lowest BCUT2D eigenvalue weighted by Crippen LogP contribution is -2.09. The van der Waals surface area contributed by atoms with Crippen LogP contribution in [0, 0.1) is 0 Å². The summed E-state index contributed by atoms with van der Waals surface area (Å²) in [5, 5.41) is -1.03. The lowest BCUT2D eigenvalue weighted by Gasteiger charge is -1.90. The van der Waals surface area contributed by atoms with Crippen molar-refractivity contribution in [1.82, 2.24) is 0 Å². The molecule has 0 aromatic heterocycles. The maximum absolute atomic E-state index is 11.6. The van der Waals surface area contributed by atoms with Gasteiger partial charge in [-0.05, 0) is 11.6 Å². The molecule has 0 saturated heterocycles. The number of carbonyl (C=O) groups is 1. The zero-order valence-corrected chi connectivity index (χ0v) is 4.84.